The molecule has 164 valence electrons. The van der Waals surface area contributed by atoms with Gasteiger partial charge in [0.25, 0.3) is 0 Å². The van der Waals surface area contributed by atoms with Gasteiger partial charge >= 0.3 is 0 Å². The summed E-state index contributed by atoms with van der Waals surface area (Å²) in [5.41, 5.74) is -0.427. The molecule has 4 fully saturated rings. The van der Waals surface area contributed by atoms with Crippen molar-refractivity contribution in [3.8, 4) is 0 Å². The lowest BCUT2D eigenvalue weighted by molar-refractivity contribution is -0.306. The summed E-state index contributed by atoms with van der Waals surface area (Å²) < 4.78 is 0. The number of aliphatic carboxylic acids is 1. The summed E-state index contributed by atoms with van der Waals surface area (Å²) in [4.78, 5) is 24.6. The Balaban J connectivity index is 1.62. The van der Waals surface area contributed by atoms with Crippen LogP contribution in [0.5, 0.6) is 0 Å². The number of aliphatic hydroxyl groups excluding tert-OH is 2. The van der Waals surface area contributed by atoms with E-state index in [1.165, 1.54) is 0 Å². The predicted octanol–water partition coefficient (Wildman–Crippen LogP) is 2.32. The highest BCUT2D eigenvalue weighted by molar-refractivity contribution is 5.87. The Morgan fingerprint density at radius 3 is 2.59 bits per heavy atom. The summed E-state index contributed by atoms with van der Waals surface area (Å²) in [7, 11) is 0. The van der Waals surface area contributed by atoms with Crippen molar-refractivity contribution < 1.29 is 24.9 Å². The lowest BCUT2D eigenvalue weighted by Crippen LogP contribution is -2.61. The zero-order valence-corrected chi connectivity index (χ0v) is 18.1. The van der Waals surface area contributed by atoms with Crippen molar-refractivity contribution in [2.45, 2.75) is 90.8 Å². The van der Waals surface area contributed by atoms with Gasteiger partial charge in [-0.25, -0.2) is 0 Å². The van der Waals surface area contributed by atoms with Gasteiger partial charge < -0.3 is 20.1 Å². The maximum atomic E-state index is 13.6. The number of fused-ring (bicyclic) bond motifs is 5. The molecule has 29 heavy (non-hydrogen) atoms. The maximum Gasteiger partial charge on any atom is 0.139 e. The second kappa shape index (κ2) is 7.33. The van der Waals surface area contributed by atoms with Crippen LogP contribution in [0.25, 0.3) is 0 Å². The molecule has 4 aliphatic carbocycles. The third-order valence-electron chi connectivity index (χ3n) is 10.1. The predicted molar refractivity (Wildman–Crippen MR) is 106 cm³/mol. The molecular formula is C24H37O5-. The Hall–Kier alpha value is -0.940. The molecule has 0 saturated heterocycles. The van der Waals surface area contributed by atoms with Crippen LogP contribution in [0.1, 0.15) is 78.6 Å². The first-order valence-corrected chi connectivity index (χ1v) is 11.7. The second-order valence-corrected chi connectivity index (χ2v) is 11.2. The largest absolute Gasteiger partial charge is 0.550 e. The van der Waals surface area contributed by atoms with E-state index in [9.17, 15) is 24.9 Å². The van der Waals surface area contributed by atoms with Gasteiger partial charge in [0.2, 0.25) is 0 Å². The fraction of sp³-hybridized carbons (Fsp3) is 0.917. The number of Topliss-reactive ketones (excluding diaryl/α,β-unsaturated/α-hetero) is 1. The number of hydrogen-bond donors (Lipinski definition) is 2. The first kappa shape index (κ1) is 21.3. The normalized spacial score (nSPS) is 50.4. The van der Waals surface area contributed by atoms with Crippen molar-refractivity contribution in [3.63, 3.8) is 0 Å². The molecule has 4 rings (SSSR count). The van der Waals surface area contributed by atoms with E-state index in [4.69, 9.17) is 0 Å². The van der Waals surface area contributed by atoms with Crippen LogP contribution in [0.3, 0.4) is 0 Å². The van der Waals surface area contributed by atoms with E-state index >= 15 is 0 Å². The summed E-state index contributed by atoms with van der Waals surface area (Å²) in [6.07, 6.45) is 5.55. The number of carbonyl (C=O) groups excluding carboxylic acids is 2. The van der Waals surface area contributed by atoms with Crippen LogP contribution in [0.2, 0.25) is 0 Å². The van der Waals surface area contributed by atoms with Crippen molar-refractivity contribution in [2.24, 2.45) is 46.3 Å². The molecule has 5 heteroatoms. The summed E-state index contributed by atoms with van der Waals surface area (Å²) in [5, 5.41) is 32.3. The first-order valence-electron chi connectivity index (χ1n) is 11.7. The number of aliphatic hydroxyl groups is 2. The van der Waals surface area contributed by atoms with Crippen molar-refractivity contribution in [3.05, 3.63) is 0 Å². The van der Waals surface area contributed by atoms with E-state index in [0.717, 1.165) is 38.5 Å². The Bertz CT molecular complexity index is 676. The molecule has 2 N–H and O–H groups in total. The van der Waals surface area contributed by atoms with Crippen LogP contribution in [-0.4, -0.2) is 34.2 Å². The van der Waals surface area contributed by atoms with Gasteiger partial charge in [-0.05, 0) is 92.3 Å². The van der Waals surface area contributed by atoms with Crippen molar-refractivity contribution in [1.82, 2.24) is 0 Å². The van der Waals surface area contributed by atoms with Crippen LogP contribution < -0.4 is 5.11 Å². The lowest BCUT2D eigenvalue weighted by atomic mass is 9.43. The number of hydrogen-bond acceptors (Lipinski definition) is 5. The second-order valence-electron chi connectivity index (χ2n) is 11.2. The zero-order valence-electron chi connectivity index (χ0n) is 18.1. The van der Waals surface area contributed by atoms with Gasteiger partial charge in [-0.1, -0.05) is 20.8 Å². The molecule has 0 aromatic heterocycles. The first-order chi connectivity index (χ1) is 13.6. The third-order valence-corrected chi connectivity index (χ3v) is 10.1. The molecule has 0 heterocycles. The fourth-order valence-corrected chi connectivity index (χ4v) is 8.41. The van der Waals surface area contributed by atoms with Gasteiger partial charge in [-0.3, -0.25) is 4.79 Å². The SMILES string of the molecule is C[C@@H](CCC(=O)[O-])[C@H]1CC[C@@H]2[C@H]3[C@H](O)C[C@@H]4C[C@H](O)CC[C@]4(C)[C@@H]3CC(=O)[C@@]21C. The van der Waals surface area contributed by atoms with Gasteiger partial charge in [0.1, 0.15) is 5.78 Å². The summed E-state index contributed by atoms with van der Waals surface area (Å²) in [6.45, 7) is 6.49. The number of ketones is 1. The molecule has 0 amide bonds. The number of carbonyl (C=O) groups is 2. The van der Waals surface area contributed by atoms with E-state index < -0.39 is 17.5 Å². The smallest absolute Gasteiger partial charge is 0.139 e. The van der Waals surface area contributed by atoms with Crippen molar-refractivity contribution in [1.29, 1.82) is 0 Å². The molecule has 0 spiro atoms. The van der Waals surface area contributed by atoms with Gasteiger partial charge in [0, 0.05) is 17.8 Å². The molecule has 0 aromatic rings. The molecular weight excluding hydrogens is 368 g/mol. The van der Waals surface area contributed by atoms with E-state index in [1.807, 2.05) is 0 Å². The Labute approximate surface area is 174 Å². The topological polar surface area (TPSA) is 97.7 Å². The highest BCUT2D eigenvalue weighted by Gasteiger charge is 2.65. The molecule has 0 radical (unpaired) electrons. The average Bonchev–Trinajstić information content (AvgIpc) is 3.01. The van der Waals surface area contributed by atoms with Crippen LogP contribution in [0.15, 0.2) is 0 Å². The van der Waals surface area contributed by atoms with E-state index in [2.05, 4.69) is 20.8 Å². The monoisotopic (exact) mass is 405 g/mol. The van der Waals surface area contributed by atoms with Crippen LogP contribution in [-0.2, 0) is 9.59 Å². The van der Waals surface area contributed by atoms with Gasteiger partial charge in [-0.15, -0.1) is 0 Å². The van der Waals surface area contributed by atoms with Crippen molar-refractivity contribution >= 4 is 11.8 Å². The maximum absolute atomic E-state index is 13.6. The minimum atomic E-state index is -1.02. The zero-order chi connectivity index (χ0) is 21.1. The van der Waals surface area contributed by atoms with Gasteiger partial charge in [0.05, 0.1) is 12.2 Å². The molecule has 5 nitrogen and oxygen atoms in total. The molecule has 10 atom stereocenters. The molecule has 0 bridgehead atoms. The Morgan fingerprint density at radius 1 is 1.17 bits per heavy atom. The quantitative estimate of drug-likeness (QED) is 0.748. The number of rotatable bonds is 4. The van der Waals surface area contributed by atoms with Gasteiger partial charge in [-0.2, -0.15) is 0 Å². The molecule has 0 unspecified atom stereocenters. The number of carboxylic acids is 1. The highest BCUT2D eigenvalue weighted by atomic mass is 16.4. The molecule has 4 aliphatic rings. The minimum absolute atomic E-state index is 0.0266. The summed E-state index contributed by atoms with van der Waals surface area (Å²) in [6, 6.07) is 0. The highest BCUT2D eigenvalue weighted by Crippen LogP contribution is 2.67. The van der Waals surface area contributed by atoms with Gasteiger partial charge in [0.15, 0.2) is 0 Å². The van der Waals surface area contributed by atoms with Crippen LogP contribution >= 0.6 is 0 Å². The Morgan fingerprint density at radius 2 is 1.90 bits per heavy atom. The fourth-order valence-electron chi connectivity index (χ4n) is 8.41. The van der Waals surface area contributed by atoms with Crippen LogP contribution in [0.4, 0.5) is 0 Å². The molecule has 0 aliphatic heterocycles. The number of carboxylic acid groups (broad SMARTS) is 1. The van der Waals surface area contributed by atoms with Crippen LogP contribution in [0, 0.1) is 46.3 Å². The van der Waals surface area contributed by atoms with E-state index in [0.29, 0.717) is 24.5 Å². The molecule has 0 aromatic carbocycles. The lowest BCUT2D eigenvalue weighted by Gasteiger charge is -2.61. The summed E-state index contributed by atoms with van der Waals surface area (Å²) >= 11 is 0. The minimum Gasteiger partial charge on any atom is -0.550 e. The van der Waals surface area contributed by atoms with E-state index in [-0.39, 0.29) is 47.5 Å². The Kier molecular flexibility index (Phi) is 5.39. The standard InChI is InChI=1S/C24H38O5/c1-13(4-7-21(28)29)16-5-6-17-22-18(12-20(27)24(16,17)3)23(2)9-8-15(25)10-14(23)11-19(22)26/h13-19,22,25-26H,4-12H2,1-3H3,(H,28,29)/p-1/t13-,14-,15+,16+,17+,18+,19+,22+,23-,24+/m0/s1. The third kappa shape index (κ3) is 3.18. The average molecular weight is 406 g/mol. The van der Waals surface area contributed by atoms with E-state index in [1.54, 1.807) is 0 Å². The molecule has 4 saturated carbocycles. The van der Waals surface area contributed by atoms with Crippen molar-refractivity contribution in [2.75, 3.05) is 0 Å². The summed E-state index contributed by atoms with van der Waals surface area (Å²) in [5.74, 6) is 0.477.